The highest BCUT2D eigenvalue weighted by Gasteiger charge is 2.27. The molecule has 1 heterocycles. The standard InChI is InChI=1S/C27H43N3O2/c1-5-7-14-29-15-17-30(18-16-29)26-19-24(32-20-27(31)28-6-2)12-13-25(26)23-10-8-22(9-11-23)21(3)4/h12-13,19,22-23H,3,5-11,14-18,20H2,1-2,4H3,(H,28,31). The van der Waals surface area contributed by atoms with Gasteiger partial charge in [0.05, 0.1) is 0 Å². The summed E-state index contributed by atoms with van der Waals surface area (Å²) in [4.78, 5) is 17.0. The summed E-state index contributed by atoms with van der Waals surface area (Å²) in [5.74, 6) is 1.99. The maximum Gasteiger partial charge on any atom is 0.257 e. The molecule has 0 radical (unpaired) electrons. The first-order valence-electron chi connectivity index (χ1n) is 12.7. The van der Waals surface area contributed by atoms with Crippen molar-refractivity contribution >= 4 is 11.6 Å². The van der Waals surface area contributed by atoms with E-state index in [0.29, 0.717) is 18.4 Å². The van der Waals surface area contributed by atoms with Crippen LogP contribution in [0.15, 0.2) is 30.4 Å². The number of allylic oxidation sites excluding steroid dienone is 1. The van der Waals surface area contributed by atoms with E-state index in [2.05, 4.69) is 53.7 Å². The number of anilines is 1. The minimum absolute atomic E-state index is 0.0687. The van der Waals surface area contributed by atoms with Gasteiger partial charge in [-0.1, -0.05) is 31.6 Å². The zero-order valence-electron chi connectivity index (χ0n) is 20.5. The van der Waals surface area contributed by atoms with Crippen LogP contribution in [0.5, 0.6) is 5.75 Å². The number of likely N-dealkylation sites (N-methyl/N-ethyl adjacent to an activating group) is 1. The minimum Gasteiger partial charge on any atom is -0.484 e. The lowest BCUT2D eigenvalue weighted by Gasteiger charge is -2.39. The van der Waals surface area contributed by atoms with E-state index < -0.39 is 0 Å². The quantitative estimate of drug-likeness (QED) is 0.521. The predicted molar refractivity (Wildman–Crippen MR) is 134 cm³/mol. The maximum absolute atomic E-state index is 11.9. The molecule has 1 saturated carbocycles. The van der Waals surface area contributed by atoms with Crippen LogP contribution >= 0.6 is 0 Å². The largest absolute Gasteiger partial charge is 0.484 e. The van der Waals surface area contributed by atoms with Crippen molar-refractivity contribution in [3.8, 4) is 5.75 Å². The molecule has 1 aromatic rings. The summed E-state index contributed by atoms with van der Waals surface area (Å²) in [5.41, 5.74) is 4.10. The molecule has 0 atom stereocenters. The van der Waals surface area contributed by atoms with Crippen LogP contribution < -0.4 is 15.0 Å². The molecular formula is C27H43N3O2. The fourth-order valence-electron chi connectivity index (χ4n) is 5.12. The number of rotatable bonds is 10. The first kappa shape index (κ1) is 24.6. The van der Waals surface area contributed by atoms with Crippen LogP contribution in [-0.4, -0.2) is 56.7 Å². The minimum atomic E-state index is -0.0687. The third kappa shape index (κ3) is 6.74. The Balaban J connectivity index is 1.74. The first-order valence-corrected chi connectivity index (χ1v) is 12.7. The van der Waals surface area contributed by atoms with E-state index in [4.69, 9.17) is 4.74 Å². The van der Waals surface area contributed by atoms with Gasteiger partial charge in [-0.2, -0.15) is 0 Å². The van der Waals surface area contributed by atoms with E-state index in [-0.39, 0.29) is 12.5 Å². The molecule has 178 valence electrons. The van der Waals surface area contributed by atoms with Crippen molar-refractivity contribution in [2.75, 3.05) is 50.8 Å². The van der Waals surface area contributed by atoms with Gasteiger partial charge in [-0.25, -0.2) is 0 Å². The third-order valence-corrected chi connectivity index (χ3v) is 7.15. The molecule has 5 heteroatoms. The molecule has 1 N–H and O–H groups in total. The molecule has 1 aliphatic carbocycles. The van der Waals surface area contributed by atoms with E-state index in [1.807, 2.05) is 6.92 Å². The van der Waals surface area contributed by atoms with E-state index in [0.717, 1.165) is 31.9 Å². The van der Waals surface area contributed by atoms with Crippen LogP contribution in [0.4, 0.5) is 5.69 Å². The van der Waals surface area contributed by atoms with Crippen molar-refractivity contribution in [2.24, 2.45) is 5.92 Å². The SMILES string of the molecule is C=C(C)C1CCC(c2ccc(OCC(=O)NCC)cc2N2CCN(CCCC)CC2)CC1. The number of carbonyl (C=O) groups is 1. The average molecular weight is 442 g/mol. The van der Waals surface area contributed by atoms with Gasteiger partial charge in [0.2, 0.25) is 0 Å². The highest BCUT2D eigenvalue weighted by Crippen LogP contribution is 2.42. The Hall–Kier alpha value is -2.01. The van der Waals surface area contributed by atoms with Crippen LogP contribution in [0.25, 0.3) is 0 Å². The Kier molecular flexibility index (Phi) is 9.46. The summed E-state index contributed by atoms with van der Waals surface area (Å²) >= 11 is 0. The molecule has 1 saturated heterocycles. The Morgan fingerprint density at radius 2 is 1.84 bits per heavy atom. The smallest absolute Gasteiger partial charge is 0.257 e. The van der Waals surface area contributed by atoms with Gasteiger partial charge < -0.3 is 15.0 Å². The van der Waals surface area contributed by atoms with Crippen molar-refractivity contribution in [1.82, 2.24) is 10.2 Å². The van der Waals surface area contributed by atoms with Gasteiger partial charge >= 0.3 is 0 Å². The van der Waals surface area contributed by atoms with Crippen LogP contribution in [-0.2, 0) is 4.79 Å². The Labute approximate surface area is 195 Å². The van der Waals surface area contributed by atoms with Gasteiger partial charge in [0.25, 0.3) is 5.91 Å². The van der Waals surface area contributed by atoms with E-state index in [1.54, 1.807) is 0 Å². The van der Waals surface area contributed by atoms with Gasteiger partial charge in [-0.15, -0.1) is 0 Å². The topological polar surface area (TPSA) is 44.8 Å². The summed E-state index contributed by atoms with van der Waals surface area (Å²) in [7, 11) is 0. The van der Waals surface area contributed by atoms with Crippen LogP contribution in [0.2, 0.25) is 0 Å². The number of nitrogens with zero attached hydrogens (tertiary/aromatic N) is 2. The molecule has 0 spiro atoms. The van der Waals surface area contributed by atoms with Crippen LogP contribution in [0, 0.1) is 5.92 Å². The van der Waals surface area contributed by atoms with Gasteiger partial charge in [-0.3, -0.25) is 9.69 Å². The molecule has 1 amide bonds. The normalized spacial score (nSPS) is 21.9. The number of amides is 1. The molecular weight excluding hydrogens is 398 g/mol. The monoisotopic (exact) mass is 441 g/mol. The summed E-state index contributed by atoms with van der Waals surface area (Å²) in [6, 6.07) is 6.50. The van der Waals surface area contributed by atoms with E-state index >= 15 is 0 Å². The van der Waals surface area contributed by atoms with Crippen molar-refractivity contribution in [2.45, 2.75) is 65.2 Å². The van der Waals surface area contributed by atoms with Gasteiger partial charge in [-0.05, 0) is 76.0 Å². The van der Waals surface area contributed by atoms with Crippen LogP contribution in [0.3, 0.4) is 0 Å². The summed E-state index contributed by atoms with van der Waals surface area (Å²) in [6.07, 6.45) is 7.45. The number of unbranched alkanes of at least 4 members (excludes halogenated alkanes) is 1. The zero-order valence-corrected chi connectivity index (χ0v) is 20.5. The molecule has 1 aliphatic heterocycles. The van der Waals surface area contributed by atoms with Crippen molar-refractivity contribution in [3.63, 3.8) is 0 Å². The molecule has 0 bridgehead atoms. The number of nitrogens with one attached hydrogen (secondary N) is 1. The lowest BCUT2D eigenvalue weighted by molar-refractivity contribution is -0.122. The molecule has 0 unspecified atom stereocenters. The van der Waals surface area contributed by atoms with Crippen molar-refractivity contribution in [3.05, 3.63) is 35.9 Å². The predicted octanol–water partition coefficient (Wildman–Crippen LogP) is 4.97. The third-order valence-electron chi connectivity index (χ3n) is 7.15. The van der Waals surface area contributed by atoms with Crippen molar-refractivity contribution in [1.29, 1.82) is 0 Å². The van der Waals surface area contributed by atoms with Gasteiger partial charge in [0.1, 0.15) is 5.75 Å². The molecule has 3 rings (SSSR count). The van der Waals surface area contributed by atoms with Crippen molar-refractivity contribution < 1.29 is 9.53 Å². The number of carbonyl (C=O) groups excluding carboxylic acids is 1. The fourth-order valence-corrected chi connectivity index (χ4v) is 5.12. The molecule has 1 aromatic carbocycles. The summed E-state index contributed by atoms with van der Waals surface area (Å²) in [6.45, 7) is 16.8. The zero-order chi connectivity index (χ0) is 22.9. The van der Waals surface area contributed by atoms with E-state index in [1.165, 1.54) is 61.9 Å². The van der Waals surface area contributed by atoms with Crippen LogP contribution in [0.1, 0.15) is 70.8 Å². The highest BCUT2D eigenvalue weighted by molar-refractivity contribution is 5.77. The Bertz CT molecular complexity index is 747. The highest BCUT2D eigenvalue weighted by atomic mass is 16.5. The molecule has 2 fully saturated rings. The number of benzene rings is 1. The Morgan fingerprint density at radius 1 is 1.12 bits per heavy atom. The second-order valence-corrected chi connectivity index (χ2v) is 9.54. The molecule has 2 aliphatic rings. The number of ether oxygens (including phenoxy) is 1. The number of piperazine rings is 1. The lowest BCUT2D eigenvalue weighted by Crippen LogP contribution is -2.47. The molecule has 32 heavy (non-hydrogen) atoms. The first-order chi connectivity index (χ1) is 15.5. The molecule has 5 nitrogen and oxygen atoms in total. The Morgan fingerprint density at radius 3 is 2.47 bits per heavy atom. The molecule has 0 aromatic heterocycles. The fraction of sp³-hybridized carbons (Fsp3) is 0.667. The maximum atomic E-state index is 11.9. The summed E-state index contributed by atoms with van der Waals surface area (Å²) in [5, 5.41) is 2.80. The number of hydrogen-bond donors (Lipinski definition) is 1. The number of hydrogen-bond acceptors (Lipinski definition) is 4. The average Bonchev–Trinajstić information content (AvgIpc) is 2.82. The second-order valence-electron chi connectivity index (χ2n) is 9.54. The van der Waals surface area contributed by atoms with Gasteiger partial charge in [0.15, 0.2) is 6.61 Å². The summed E-state index contributed by atoms with van der Waals surface area (Å²) < 4.78 is 5.86. The van der Waals surface area contributed by atoms with Gasteiger partial charge in [0, 0.05) is 44.5 Å². The lowest BCUT2D eigenvalue weighted by atomic mass is 9.76. The van der Waals surface area contributed by atoms with E-state index in [9.17, 15) is 4.79 Å². The second kappa shape index (κ2) is 12.3.